The van der Waals surface area contributed by atoms with Crippen molar-refractivity contribution in [1.29, 1.82) is 0 Å². The van der Waals surface area contributed by atoms with Crippen LogP contribution in [-0.4, -0.2) is 16.1 Å². The number of aromatic amines is 1. The summed E-state index contributed by atoms with van der Waals surface area (Å²) in [5.41, 5.74) is 7.14. The number of carbonyl (C=O) groups is 1. The molecular formula is C23H19NO2. The Bertz CT molecular complexity index is 1080. The molecule has 0 amide bonds. The molecule has 0 spiro atoms. The van der Waals surface area contributed by atoms with Crippen LogP contribution in [0.25, 0.3) is 33.3 Å². The van der Waals surface area contributed by atoms with Gasteiger partial charge in [-0.15, -0.1) is 0 Å². The van der Waals surface area contributed by atoms with Gasteiger partial charge in [-0.3, -0.25) is 4.79 Å². The number of carboxylic acid groups (broad SMARTS) is 1. The number of carboxylic acids is 1. The molecule has 0 aliphatic rings. The minimum Gasteiger partial charge on any atom is -0.481 e. The number of hydrogen-bond acceptors (Lipinski definition) is 1. The molecule has 1 heterocycles. The van der Waals surface area contributed by atoms with Crippen molar-refractivity contribution < 1.29 is 9.90 Å². The van der Waals surface area contributed by atoms with Gasteiger partial charge >= 0.3 is 5.97 Å². The average molecular weight is 341 g/mol. The van der Waals surface area contributed by atoms with E-state index in [1.165, 1.54) is 0 Å². The number of fused-ring (bicyclic) bond motifs is 1. The lowest BCUT2D eigenvalue weighted by Crippen LogP contribution is -2.00. The van der Waals surface area contributed by atoms with E-state index in [0.717, 1.165) is 44.4 Å². The lowest BCUT2D eigenvalue weighted by molar-refractivity contribution is -0.136. The van der Waals surface area contributed by atoms with E-state index in [1.54, 1.807) is 0 Å². The monoisotopic (exact) mass is 341 g/mol. The van der Waals surface area contributed by atoms with Crippen molar-refractivity contribution in [3.05, 3.63) is 83.9 Å². The minimum absolute atomic E-state index is 0.000770. The molecule has 3 nitrogen and oxygen atoms in total. The van der Waals surface area contributed by atoms with Crippen LogP contribution in [0, 0.1) is 6.92 Å². The highest BCUT2D eigenvalue weighted by Crippen LogP contribution is 2.33. The number of nitrogens with one attached hydrogen (secondary N) is 1. The van der Waals surface area contributed by atoms with Gasteiger partial charge in [-0.25, -0.2) is 0 Å². The summed E-state index contributed by atoms with van der Waals surface area (Å²) in [5.74, 6) is -0.824. The molecular weight excluding hydrogens is 322 g/mol. The molecule has 26 heavy (non-hydrogen) atoms. The maximum Gasteiger partial charge on any atom is 0.307 e. The van der Waals surface area contributed by atoms with E-state index in [0.29, 0.717) is 0 Å². The standard InChI is InChI=1S/C23H19NO2/c1-15-6-5-9-19-20(14-21(25)26)23(24-22(15)19)18-12-10-17(11-13-18)16-7-3-2-4-8-16/h2-13,24H,14H2,1H3,(H,25,26). The van der Waals surface area contributed by atoms with Crippen molar-refractivity contribution in [1.82, 2.24) is 4.98 Å². The molecule has 4 rings (SSSR count). The van der Waals surface area contributed by atoms with Gasteiger partial charge in [-0.1, -0.05) is 72.8 Å². The van der Waals surface area contributed by atoms with E-state index in [1.807, 2.05) is 55.5 Å². The van der Waals surface area contributed by atoms with Gasteiger partial charge in [-0.2, -0.15) is 0 Å². The summed E-state index contributed by atoms with van der Waals surface area (Å²) in [4.78, 5) is 14.9. The number of aromatic nitrogens is 1. The van der Waals surface area contributed by atoms with Crippen LogP contribution in [-0.2, 0) is 11.2 Å². The number of para-hydroxylation sites is 1. The molecule has 4 aromatic rings. The van der Waals surface area contributed by atoms with Gasteiger partial charge in [0.2, 0.25) is 0 Å². The third kappa shape index (κ3) is 2.88. The molecule has 2 N–H and O–H groups in total. The largest absolute Gasteiger partial charge is 0.481 e. The van der Waals surface area contributed by atoms with E-state index in [4.69, 9.17) is 0 Å². The minimum atomic E-state index is -0.824. The topological polar surface area (TPSA) is 53.1 Å². The fourth-order valence-corrected chi connectivity index (χ4v) is 3.46. The number of hydrogen-bond donors (Lipinski definition) is 2. The lowest BCUT2D eigenvalue weighted by atomic mass is 9.99. The molecule has 3 aromatic carbocycles. The van der Waals surface area contributed by atoms with Crippen molar-refractivity contribution in [2.75, 3.05) is 0 Å². The average Bonchev–Trinajstić information content (AvgIpc) is 3.02. The van der Waals surface area contributed by atoms with Crippen LogP contribution >= 0.6 is 0 Å². The highest BCUT2D eigenvalue weighted by molar-refractivity contribution is 5.95. The van der Waals surface area contributed by atoms with E-state index in [9.17, 15) is 9.90 Å². The smallest absolute Gasteiger partial charge is 0.307 e. The zero-order chi connectivity index (χ0) is 18.1. The van der Waals surface area contributed by atoms with E-state index >= 15 is 0 Å². The second-order valence-corrected chi connectivity index (χ2v) is 6.49. The van der Waals surface area contributed by atoms with Crippen molar-refractivity contribution in [2.45, 2.75) is 13.3 Å². The molecule has 0 radical (unpaired) electrons. The lowest BCUT2D eigenvalue weighted by Gasteiger charge is -2.06. The van der Waals surface area contributed by atoms with Gasteiger partial charge in [-0.05, 0) is 34.7 Å². The van der Waals surface area contributed by atoms with Gasteiger partial charge in [0.1, 0.15) is 0 Å². The van der Waals surface area contributed by atoms with Gasteiger partial charge < -0.3 is 10.1 Å². The molecule has 3 heteroatoms. The summed E-state index contributed by atoms with van der Waals surface area (Å²) in [6.45, 7) is 2.03. The quantitative estimate of drug-likeness (QED) is 0.519. The summed E-state index contributed by atoms with van der Waals surface area (Å²) < 4.78 is 0. The normalized spacial score (nSPS) is 11.0. The van der Waals surface area contributed by atoms with Gasteiger partial charge in [0, 0.05) is 10.9 Å². The highest BCUT2D eigenvalue weighted by atomic mass is 16.4. The summed E-state index contributed by atoms with van der Waals surface area (Å²) in [5, 5.41) is 10.3. The molecule has 0 saturated heterocycles. The Kier molecular flexibility index (Phi) is 4.05. The number of aliphatic carboxylic acids is 1. The first-order chi connectivity index (χ1) is 12.6. The fourth-order valence-electron chi connectivity index (χ4n) is 3.46. The highest BCUT2D eigenvalue weighted by Gasteiger charge is 2.16. The van der Waals surface area contributed by atoms with Crippen molar-refractivity contribution in [2.24, 2.45) is 0 Å². The second kappa shape index (κ2) is 6.52. The fraction of sp³-hybridized carbons (Fsp3) is 0.0870. The number of aryl methyl sites for hydroxylation is 1. The van der Waals surface area contributed by atoms with Crippen LogP contribution in [0.1, 0.15) is 11.1 Å². The molecule has 1 aromatic heterocycles. The number of benzene rings is 3. The van der Waals surface area contributed by atoms with Crippen molar-refractivity contribution in [3.63, 3.8) is 0 Å². The van der Waals surface area contributed by atoms with Crippen LogP contribution in [0.5, 0.6) is 0 Å². The third-order valence-corrected chi connectivity index (χ3v) is 4.76. The number of H-pyrrole nitrogens is 1. The van der Waals surface area contributed by atoms with E-state index < -0.39 is 5.97 Å². The Morgan fingerprint density at radius 2 is 1.50 bits per heavy atom. The van der Waals surface area contributed by atoms with Crippen LogP contribution in [0.2, 0.25) is 0 Å². The van der Waals surface area contributed by atoms with Gasteiger partial charge in [0.15, 0.2) is 0 Å². The SMILES string of the molecule is Cc1cccc2c(CC(=O)O)c(-c3ccc(-c4ccccc4)cc3)[nH]c12. The molecule has 0 unspecified atom stereocenters. The zero-order valence-electron chi connectivity index (χ0n) is 14.5. The summed E-state index contributed by atoms with van der Waals surface area (Å²) >= 11 is 0. The predicted molar refractivity (Wildman–Crippen MR) is 105 cm³/mol. The number of rotatable bonds is 4. The summed E-state index contributed by atoms with van der Waals surface area (Å²) in [6, 6.07) is 24.5. The maximum absolute atomic E-state index is 11.4. The maximum atomic E-state index is 11.4. The van der Waals surface area contributed by atoms with Crippen LogP contribution in [0.3, 0.4) is 0 Å². The van der Waals surface area contributed by atoms with Gasteiger partial charge in [0.25, 0.3) is 0 Å². The Morgan fingerprint density at radius 3 is 2.19 bits per heavy atom. The van der Waals surface area contributed by atoms with Crippen LogP contribution in [0.15, 0.2) is 72.8 Å². The Hall–Kier alpha value is -3.33. The summed E-state index contributed by atoms with van der Waals surface area (Å²) in [7, 11) is 0. The first-order valence-corrected chi connectivity index (χ1v) is 8.61. The van der Waals surface area contributed by atoms with Crippen molar-refractivity contribution >= 4 is 16.9 Å². The molecule has 128 valence electrons. The molecule has 0 saturated carbocycles. The molecule has 0 aliphatic heterocycles. The Morgan fingerprint density at radius 1 is 0.846 bits per heavy atom. The zero-order valence-corrected chi connectivity index (χ0v) is 14.5. The Balaban J connectivity index is 1.83. The second-order valence-electron chi connectivity index (χ2n) is 6.49. The first-order valence-electron chi connectivity index (χ1n) is 8.61. The molecule has 0 atom stereocenters. The molecule has 0 fully saturated rings. The van der Waals surface area contributed by atoms with Crippen LogP contribution < -0.4 is 0 Å². The van der Waals surface area contributed by atoms with Crippen LogP contribution in [0.4, 0.5) is 0 Å². The van der Waals surface area contributed by atoms with Crippen molar-refractivity contribution in [3.8, 4) is 22.4 Å². The predicted octanol–water partition coefficient (Wildman–Crippen LogP) is 5.44. The first kappa shape index (κ1) is 16.2. The summed E-state index contributed by atoms with van der Waals surface area (Å²) in [6.07, 6.45) is -0.000770. The molecule has 0 bridgehead atoms. The Labute approximate surface area is 151 Å². The van der Waals surface area contributed by atoms with Gasteiger partial charge in [0.05, 0.1) is 12.1 Å². The van der Waals surface area contributed by atoms with E-state index in [-0.39, 0.29) is 6.42 Å². The van der Waals surface area contributed by atoms with E-state index in [2.05, 4.69) is 29.2 Å². The molecule has 0 aliphatic carbocycles. The third-order valence-electron chi connectivity index (χ3n) is 4.76.